The third-order valence-corrected chi connectivity index (χ3v) is 15.2. The van der Waals surface area contributed by atoms with Gasteiger partial charge in [-0.15, -0.1) is 0 Å². The monoisotopic (exact) mass is 1110 g/mol. The van der Waals surface area contributed by atoms with E-state index < -0.39 is 124 Å². The maximum absolute atomic E-state index is 13.1. The molecule has 17 unspecified atom stereocenters. The van der Waals surface area contributed by atoms with Crippen molar-refractivity contribution in [2.45, 2.75) is 311 Å². The minimum atomic E-state index is -1.97. The van der Waals surface area contributed by atoms with Crippen molar-refractivity contribution in [3.05, 3.63) is 24.3 Å². The van der Waals surface area contributed by atoms with E-state index in [-0.39, 0.29) is 18.9 Å². The number of aliphatic hydroxyl groups excluding tert-OH is 11. The Bertz CT molecular complexity index is 1510. The highest BCUT2D eigenvalue weighted by Crippen LogP contribution is 2.33. The van der Waals surface area contributed by atoms with Gasteiger partial charge in [-0.05, 0) is 38.5 Å². The van der Waals surface area contributed by atoms with Crippen molar-refractivity contribution in [1.82, 2.24) is 5.32 Å². The third kappa shape index (κ3) is 26.4. The van der Waals surface area contributed by atoms with Crippen LogP contribution in [0.5, 0.6) is 0 Å². The maximum Gasteiger partial charge on any atom is 0.220 e. The van der Waals surface area contributed by atoms with E-state index >= 15 is 0 Å². The zero-order valence-electron chi connectivity index (χ0n) is 46.9. The number of unbranched alkanes of at least 4 members (excludes halogenated alkanes) is 26. The number of aliphatic hydroxyl groups is 11. The van der Waals surface area contributed by atoms with Gasteiger partial charge in [-0.1, -0.05) is 186 Å². The van der Waals surface area contributed by atoms with E-state index in [1.54, 1.807) is 12.2 Å². The average Bonchev–Trinajstić information content (AvgIpc) is 3.43. The van der Waals surface area contributed by atoms with Crippen LogP contribution in [0.15, 0.2) is 24.3 Å². The van der Waals surface area contributed by atoms with E-state index in [2.05, 4.69) is 24.4 Å². The predicted molar refractivity (Wildman–Crippen MR) is 291 cm³/mol. The van der Waals surface area contributed by atoms with E-state index in [0.717, 1.165) is 25.7 Å². The molecule has 1 amide bonds. The Hall–Kier alpha value is -1.73. The molecule has 17 atom stereocenters. The van der Waals surface area contributed by atoms with Gasteiger partial charge in [-0.3, -0.25) is 4.79 Å². The molecule has 0 aliphatic carbocycles. The molecule has 12 N–H and O–H groups in total. The first-order chi connectivity index (χ1) is 37.3. The van der Waals surface area contributed by atoms with Crippen LogP contribution < -0.4 is 5.32 Å². The number of amides is 1. The van der Waals surface area contributed by atoms with Gasteiger partial charge in [0.1, 0.15) is 73.2 Å². The number of ether oxygens (including phenoxy) is 6. The quantitative estimate of drug-likeness (QED) is 0.0277. The number of hydrogen-bond acceptors (Lipinski definition) is 18. The number of hydrogen-bond donors (Lipinski definition) is 12. The van der Waals surface area contributed by atoms with Gasteiger partial charge in [0.2, 0.25) is 5.91 Å². The second-order valence-corrected chi connectivity index (χ2v) is 21.8. The highest BCUT2D eigenvalue weighted by atomic mass is 16.8. The summed E-state index contributed by atoms with van der Waals surface area (Å²) >= 11 is 0. The van der Waals surface area contributed by atoms with Crippen LogP contribution in [0.25, 0.3) is 0 Å². The molecular formula is C58H107NO18. The SMILES string of the molecule is CCC/C=C/C(O)C(COC1OC(CO)C(OC2OC(CO)C(OC3OC(CO)C(O)C(O)C3O)C(O)C2O)C(O)C1O)NC(=O)CCCCCCCCCCCCCCCCCCC/C=C\CCCCCCCCCC. The lowest BCUT2D eigenvalue weighted by molar-refractivity contribution is -0.379. The lowest BCUT2D eigenvalue weighted by atomic mass is 9.96. The Morgan fingerprint density at radius 2 is 0.844 bits per heavy atom. The minimum absolute atomic E-state index is 0.243. The van der Waals surface area contributed by atoms with Crippen LogP contribution in [0, 0.1) is 0 Å². The number of nitrogens with one attached hydrogen (secondary N) is 1. The average molecular weight is 1110 g/mol. The van der Waals surface area contributed by atoms with Crippen molar-refractivity contribution >= 4 is 5.91 Å². The van der Waals surface area contributed by atoms with Crippen LogP contribution >= 0.6 is 0 Å². The van der Waals surface area contributed by atoms with Gasteiger partial charge in [0.05, 0.1) is 38.6 Å². The highest BCUT2D eigenvalue weighted by molar-refractivity contribution is 5.76. The first-order valence-electron chi connectivity index (χ1n) is 30.1. The van der Waals surface area contributed by atoms with Crippen LogP contribution in [-0.2, 0) is 33.2 Å². The molecule has 0 aromatic heterocycles. The van der Waals surface area contributed by atoms with Crippen LogP contribution in [-0.4, -0.2) is 193 Å². The van der Waals surface area contributed by atoms with Crippen molar-refractivity contribution < 1.29 is 89.4 Å². The Labute approximate surface area is 460 Å². The number of allylic oxidation sites excluding steroid dienone is 3. The fraction of sp³-hybridized carbons (Fsp3) is 0.914. The molecule has 3 fully saturated rings. The van der Waals surface area contributed by atoms with E-state index in [4.69, 9.17) is 28.4 Å². The molecular weight excluding hydrogens is 999 g/mol. The molecule has 0 aromatic rings. The summed E-state index contributed by atoms with van der Waals surface area (Å²) in [6.45, 7) is 1.49. The van der Waals surface area contributed by atoms with Gasteiger partial charge in [-0.2, -0.15) is 0 Å². The lowest BCUT2D eigenvalue weighted by Gasteiger charge is -2.48. The molecule has 0 radical (unpaired) electrons. The second kappa shape index (κ2) is 42.1. The standard InChI is InChI=1S/C58H107NO18/c1-3-5-7-8-9-10-11-12-13-14-15-16-17-18-19-20-21-22-23-24-25-26-27-28-29-30-31-32-34-36-46(64)59-41(42(63)35-33-6-4-2)40-72-56-52(70)49(67)54(44(38-61)74-56)77-58-53(71)50(68)55(45(39-62)75-58)76-57-51(69)48(66)47(65)43(37-60)73-57/h14-15,33,35,41-45,47-58,60-63,65-71H,3-13,16-32,34,36-40H2,1-2H3,(H,59,64)/b15-14-,35-33+. The summed E-state index contributed by atoms with van der Waals surface area (Å²) in [6.07, 6.45) is 17.5. The summed E-state index contributed by atoms with van der Waals surface area (Å²) in [4.78, 5) is 13.1. The zero-order valence-corrected chi connectivity index (χ0v) is 46.9. The van der Waals surface area contributed by atoms with Gasteiger partial charge in [0, 0.05) is 6.42 Å². The van der Waals surface area contributed by atoms with Gasteiger partial charge in [0.25, 0.3) is 0 Å². The molecule has 0 spiro atoms. The molecule has 0 aromatic carbocycles. The molecule has 452 valence electrons. The van der Waals surface area contributed by atoms with Gasteiger partial charge in [0.15, 0.2) is 18.9 Å². The lowest BCUT2D eigenvalue weighted by Crippen LogP contribution is -2.66. The summed E-state index contributed by atoms with van der Waals surface area (Å²) in [5.74, 6) is -0.286. The van der Waals surface area contributed by atoms with Gasteiger partial charge >= 0.3 is 0 Å². The van der Waals surface area contributed by atoms with Crippen molar-refractivity contribution in [2.24, 2.45) is 0 Å². The molecule has 77 heavy (non-hydrogen) atoms. The maximum atomic E-state index is 13.1. The van der Waals surface area contributed by atoms with Crippen LogP contribution in [0.1, 0.15) is 206 Å². The molecule has 19 nitrogen and oxygen atoms in total. The molecule has 3 aliphatic heterocycles. The van der Waals surface area contributed by atoms with E-state index in [1.807, 2.05) is 6.92 Å². The number of rotatable bonds is 44. The second-order valence-electron chi connectivity index (χ2n) is 21.8. The summed E-state index contributed by atoms with van der Waals surface area (Å²) in [7, 11) is 0. The van der Waals surface area contributed by atoms with Gasteiger partial charge < -0.3 is 89.9 Å². The predicted octanol–water partition coefficient (Wildman–Crippen LogP) is 5.15. The molecule has 19 heteroatoms. The summed E-state index contributed by atoms with van der Waals surface area (Å²) in [5.41, 5.74) is 0. The van der Waals surface area contributed by atoms with E-state index in [9.17, 15) is 61.0 Å². The van der Waals surface area contributed by atoms with E-state index in [0.29, 0.717) is 12.8 Å². The first-order valence-corrected chi connectivity index (χ1v) is 30.1. The molecule has 3 rings (SSSR count). The van der Waals surface area contributed by atoms with Crippen LogP contribution in [0.4, 0.5) is 0 Å². The summed E-state index contributed by atoms with van der Waals surface area (Å²) < 4.78 is 33.9. The molecule has 3 heterocycles. The minimum Gasteiger partial charge on any atom is -0.394 e. The number of carbonyl (C=O) groups is 1. The molecule has 0 saturated carbocycles. The van der Waals surface area contributed by atoms with Crippen LogP contribution in [0.2, 0.25) is 0 Å². The summed E-state index contributed by atoms with van der Waals surface area (Å²) in [5, 5.41) is 119. The topological polar surface area (TPSA) is 307 Å². The smallest absolute Gasteiger partial charge is 0.220 e. The Morgan fingerprint density at radius 1 is 0.455 bits per heavy atom. The fourth-order valence-corrected chi connectivity index (χ4v) is 10.3. The Morgan fingerprint density at radius 3 is 1.29 bits per heavy atom. The van der Waals surface area contributed by atoms with Crippen LogP contribution in [0.3, 0.4) is 0 Å². The van der Waals surface area contributed by atoms with Crippen molar-refractivity contribution in [1.29, 1.82) is 0 Å². The summed E-state index contributed by atoms with van der Waals surface area (Å²) in [6, 6.07) is -0.965. The van der Waals surface area contributed by atoms with Crippen molar-refractivity contribution in [3.63, 3.8) is 0 Å². The number of carbonyl (C=O) groups excluding carboxylic acids is 1. The Kier molecular flexibility index (Phi) is 38.1. The van der Waals surface area contributed by atoms with Crippen molar-refractivity contribution in [2.75, 3.05) is 26.4 Å². The zero-order chi connectivity index (χ0) is 56.2. The Balaban J connectivity index is 1.29. The highest BCUT2D eigenvalue weighted by Gasteiger charge is 2.53. The van der Waals surface area contributed by atoms with Gasteiger partial charge in [-0.25, -0.2) is 0 Å². The molecule has 3 saturated heterocycles. The first kappa shape index (κ1) is 69.5. The third-order valence-electron chi connectivity index (χ3n) is 15.2. The fourth-order valence-electron chi connectivity index (χ4n) is 10.3. The van der Waals surface area contributed by atoms with E-state index in [1.165, 1.54) is 148 Å². The molecule has 3 aliphatic rings. The molecule has 0 bridgehead atoms. The largest absolute Gasteiger partial charge is 0.394 e. The van der Waals surface area contributed by atoms with Crippen molar-refractivity contribution in [3.8, 4) is 0 Å². The normalized spacial score (nSPS) is 30.8.